The molecule has 7 heteroatoms. The van der Waals surface area contributed by atoms with E-state index in [1.807, 2.05) is 0 Å². The third kappa shape index (κ3) is 2.69. The lowest BCUT2D eigenvalue weighted by Gasteiger charge is -2.41. The Morgan fingerprint density at radius 2 is 2.06 bits per heavy atom. The van der Waals surface area contributed by atoms with E-state index in [1.165, 1.54) is 14.0 Å². The fourth-order valence-corrected chi connectivity index (χ4v) is 1.67. The molecule has 4 N–H and O–H groups in total. The van der Waals surface area contributed by atoms with Gasteiger partial charge in [-0.05, 0) is 0 Å². The number of hydrogen-bond acceptors (Lipinski definition) is 6. The maximum absolute atomic E-state index is 10.9. The monoisotopic (exact) mass is 235 g/mol. The van der Waals surface area contributed by atoms with Crippen LogP contribution in [-0.2, 0) is 14.3 Å². The van der Waals surface area contributed by atoms with E-state index in [1.54, 1.807) is 0 Å². The molecule has 0 aromatic rings. The summed E-state index contributed by atoms with van der Waals surface area (Å²) >= 11 is 0. The molecule has 1 aliphatic rings. The third-order valence-corrected chi connectivity index (χ3v) is 2.48. The van der Waals surface area contributed by atoms with Gasteiger partial charge in [0.15, 0.2) is 6.29 Å². The minimum Gasteiger partial charge on any atom is -0.394 e. The summed E-state index contributed by atoms with van der Waals surface area (Å²) in [5, 5.41) is 30.7. The van der Waals surface area contributed by atoms with Crippen molar-refractivity contribution in [3.8, 4) is 0 Å². The van der Waals surface area contributed by atoms with E-state index in [4.69, 9.17) is 14.6 Å². The lowest BCUT2D eigenvalue weighted by molar-refractivity contribution is -0.262. The number of amides is 1. The first-order valence-corrected chi connectivity index (χ1v) is 4.93. The Morgan fingerprint density at radius 1 is 1.44 bits per heavy atom. The van der Waals surface area contributed by atoms with Crippen LogP contribution >= 0.6 is 0 Å². The maximum atomic E-state index is 10.9. The zero-order valence-electron chi connectivity index (χ0n) is 9.16. The fraction of sp³-hybridized carbons (Fsp3) is 0.889. The molecule has 1 rings (SSSR count). The number of methoxy groups -OCH3 is 1. The number of nitrogens with one attached hydrogen (secondary N) is 1. The molecule has 3 unspecified atom stereocenters. The highest BCUT2D eigenvalue weighted by molar-refractivity contribution is 5.73. The molecule has 1 saturated heterocycles. The van der Waals surface area contributed by atoms with Gasteiger partial charge >= 0.3 is 0 Å². The number of carbonyl (C=O) groups excluding carboxylic acids is 1. The van der Waals surface area contributed by atoms with Crippen molar-refractivity contribution in [1.82, 2.24) is 5.32 Å². The Balaban J connectivity index is 2.77. The van der Waals surface area contributed by atoms with E-state index in [9.17, 15) is 15.0 Å². The van der Waals surface area contributed by atoms with E-state index in [0.29, 0.717) is 0 Å². The van der Waals surface area contributed by atoms with E-state index in [0.717, 1.165) is 0 Å². The Morgan fingerprint density at radius 3 is 2.50 bits per heavy atom. The molecule has 0 aliphatic carbocycles. The Labute approximate surface area is 93.0 Å². The van der Waals surface area contributed by atoms with Gasteiger partial charge in [-0.25, -0.2) is 0 Å². The first-order valence-electron chi connectivity index (χ1n) is 4.93. The largest absolute Gasteiger partial charge is 0.394 e. The standard InChI is InChI=1S/C9H17NO6/c1-4(12)10-6-8(14)7(13)5(3-11)16-9(6)15-2/h5-9,11,13-14H,3H2,1-2H3,(H,10,12)/t5?,6?,7-,8+,9?/m0/s1. The lowest BCUT2D eigenvalue weighted by Crippen LogP contribution is -2.64. The molecule has 16 heavy (non-hydrogen) atoms. The minimum absolute atomic E-state index is 0.371. The zero-order chi connectivity index (χ0) is 12.3. The van der Waals surface area contributed by atoms with Gasteiger partial charge < -0.3 is 30.1 Å². The average molecular weight is 235 g/mol. The van der Waals surface area contributed by atoms with Crippen LogP contribution in [0.1, 0.15) is 6.92 Å². The van der Waals surface area contributed by atoms with E-state index < -0.39 is 37.3 Å². The maximum Gasteiger partial charge on any atom is 0.217 e. The molecule has 0 saturated carbocycles. The summed E-state index contributed by atoms with van der Waals surface area (Å²) in [6.07, 6.45) is -4.35. The molecule has 5 atom stereocenters. The zero-order valence-corrected chi connectivity index (χ0v) is 9.16. The van der Waals surface area contributed by atoms with Crippen LogP contribution in [0, 0.1) is 0 Å². The highest BCUT2D eigenvalue weighted by Gasteiger charge is 2.44. The first kappa shape index (κ1) is 13.3. The second-order valence-corrected chi connectivity index (χ2v) is 3.67. The summed E-state index contributed by atoms with van der Waals surface area (Å²) in [5.41, 5.74) is 0. The van der Waals surface area contributed by atoms with Crippen molar-refractivity contribution in [2.24, 2.45) is 0 Å². The van der Waals surface area contributed by atoms with Gasteiger partial charge in [0.1, 0.15) is 24.4 Å². The first-order chi connectivity index (χ1) is 7.51. The van der Waals surface area contributed by atoms with Crippen LogP contribution in [0.3, 0.4) is 0 Å². The quantitative estimate of drug-likeness (QED) is 0.433. The van der Waals surface area contributed by atoms with Gasteiger partial charge in [0.05, 0.1) is 6.61 Å². The molecular weight excluding hydrogens is 218 g/mol. The van der Waals surface area contributed by atoms with Crippen LogP contribution in [0.2, 0.25) is 0 Å². The Kier molecular flexibility index (Phi) is 4.63. The van der Waals surface area contributed by atoms with Crippen LogP contribution in [0.5, 0.6) is 0 Å². The topological polar surface area (TPSA) is 108 Å². The normalized spacial score (nSPS) is 39.4. The summed E-state index contributed by atoms with van der Waals surface area (Å²) in [4.78, 5) is 10.9. The molecule has 0 aromatic heterocycles. The number of rotatable bonds is 3. The summed E-state index contributed by atoms with van der Waals surface area (Å²) in [6.45, 7) is 0.842. The molecule has 7 nitrogen and oxygen atoms in total. The van der Waals surface area contributed by atoms with Gasteiger partial charge in [-0.15, -0.1) is 0 Å². The number of carbonyl (C=O) groups is 1. The SMILES string of the molecule is COC1OC(CO)[C@H](O)[C@H](O)C1NC(C)=O. The van der Waals surface area contributed by atoms with Crippen molar-refractivity contribution in [3.63, 3.8) is 0 Å². The van der Waals surface area contributed by atoms with Crippen LogP contribution in [0.25, 0.3) is 0 Å². The van der Waals surface area contributed by atoms with Gasteiger partial charge in [-0.1, -0.05) is 0 Å². The summed E-state index contributed by atoms with van der Waals surface area (Å²) < 4.78 is 10.1. The molecule has 1 heterocycles. The summed E-state index contributed by atoms with van der Waals surface area (Å²) in [7, 11) is 1.35. The molecule has 1 aliphatic heterocycles. The fourth-order valence-electron chi connectivity index (χ4n) is 1.67. The summed E-state index contributed by atoms with van der Waals surface area (Å²) in [5.74, 6) is -0.371. The second kappa shape index (κ2) is 5.55. The number of hydrogen-bond donors (Lipinski definition) is 4. The van der Waals surface area contributed by atoms with Crippen molar-refractivity contribution < 1.29 is 29.6 Å². The van der Waals surface area contributed by atoms with Gasteiger partial charge in [-0.2, -0.15) is 0 Å². The van der Waals surface area contributed by atoms with E-state index >= 15 is 0 Å². The van der Waals surface area contributed by atoms with Crippen LogP contribution < -0.4 is 5.32 Å². The van der Waals surface area contributed by atoms with Crippen LogP contribution in [0.15, 0.2) is 0 Å². The Hall–Kier alpha value is -0.730. The highest BCUT2D eigenvalue weighted by Crippen LogP contribution is 2.21. The number of aliphatic hydroxyl groups is 3. The molecule has 0 spiro atoms. The smallest absolute Gasteiger partial charge is 0.217 e. The van der Waals surface area contributed by atoms with Crippen molar-refractivity contribution in [1.29, 1.82) is 0 Å². The van der Waals surface area contributed by atoms with Gasteiger partial charge in [0.2, 0.25) is 5.91 Å². The Bertz CT molecular complexity index is 246. The van der Waals surface area contributed by atoms with Crippen molar-refractivity contribution in [3.05, 3.63) is 0 Å². The third-order valence-electron chi connectivity index (χ3n) is 2.48. The van der Waals surface area contributed by atoms with Gasteiger partial charge in [0, 0.05) is 14.0 Å². The molecule has 0 radical (unpaired) electrons. The van der Waals surface area contributed by atoms with Gasteiger partial charge in [-0.3, -0.25) is 4.79 Å². The summed E-state index contributed by atoms with van der Waals surface area (Å²) in [6, 6.07) is -0.861. The van der Waals surface area contributed by atoms with Crippen LogP contribution in [-0.4, -0.2) is 65.6 Å². The number of aliphatic hydroxyl groups excluding tert-OH is 3. The molecule has 1 amide bonds. The van der Waals surface area contributed by atoms with Crippen molar-refractivity contribution in [2.45, 2.75) is 37.6 Å². The van der Waals surface area contributed by atoms with Gasteiger partial charge in [0.25, 0.3) is 0 Å². The minimum atomic E-state index is -1.27. The highest BCUT2D eigenvalue weighted by atomic mass is 16.7. The molecule has 1 fully saturated rings. The van der Waals surface area contributed by atoms with E-state index in [2.05, 4.69) is 5.32 Å². The molecule has 94 valence electrons. The lowest BCUT2D eigenvalue weighted by atomic mass is 9.97. The predicted molar refractivity (Wildman–Crippen MR) is 52.4 cm³/mol. The van der Waals surface area contributed by atoms with E-state index in [-0.39, 0.29) is 5.91 Å². The predicted octanol–water partition coefficient (Wildman–Crippen LogP) is -2.42. The average Bonchev–Trinajstić information content (AvgIpc) is 2.25. The second-order valence-electron chi connectivity index (χ2n) is 3.67. The van der Waals surface area contributed by atoms with Crippen molar-refractivity contribution >= 4 is 5.91 Å². The molecular formula is C9H17NO6. The molecule has 0 bridgehead atoms. The number of ether oxygens (including phenoxy) is 2. The molecule has 0 aromatic carbocycles. The van der Waals surface area contributed by atoms with Crippen molar-refractivity contribution in [2.75, 3.05) is 13.7 Å². The van der Waals surface area contributed by atoms with Crippen LogP contribution in [0.4, 0.5) is 0 Å².